The number of ketones is 1. The lowest BCUT2D eigenvalue weighted by Gasteiger charge is -2.24. The number of esters is 1. The highest BCUT2D eigenvalue weighted by molar-refractivity contribution is 6.31. The van der Waals surface area contributed by atoms with Crippen LogP contribution >= 0.6 is 11.6 Å². The summed E-state index contributed by atoms with van der Waals surface area (Å²) in [5.41, 5.74) is -0.595. The molecule has 10 nitrogen and oxygen atoms in total. The third-order valence-corrected chi connectivity index (χ3v) is 6.89. The van der Waals surface area contributed by atoms with Gasteiger partial charge in [-0.25, -0.2) is 8.78 Å². The van der Waals surface area contributed by atoms with Crippen LogP contribution in [0.15, 0.2) is 41.3 Å². The predicted molar refractivity (Wildman–Crippen MR) is 149 cm³/mol. The van der Waals surface area contributed by atoms with Crippen LogP contribution in [0.2, 0.25) is 5.02 Å². The molecule has 238 valence electrons. The molecule has 44 heavy (non-hydrogen) atoms. The van der Waals surface area contributed by atoms with Crippen LogP contribution in [0.1, 0.15) is 39.7 Å². The van der Waals surface area contributed by atoms with Gasteiger partial charge in [0.1, 0.15) is 24.8 Å². The van der Waals surface area contributed by atoms with Gasteiger partial charge in [0.15, 0.2) is 23.2 Å². The van der Waals surface area contributed by atoms with Gasteiger partial charge in [0.25, 0.3) is 5.56 Å². The van der Waals surface area contributed by atoms with E-state index in [1.807, 2.05) is 0 Å². The molecular weight excluding hydrogens is 616 g/mol. The molecule has 0 fully saturated rings. The summed E-state index contributed by atoms with van der Waals surface area (Å²) >= 11 is 6.01. The summed E-state index contributed by atoms with van der Waals surface area (Å²) in [5.74, 6) is -13.0. The number of amides is 1. The normalized spacial score (nSPS) is 14.2. The number of hydrogen-bond acceptors (Lipinski definition) is 8. The van der Waals surface area contributed by atoms with Gasteiger partial charge in [-0.15, -0.1) is 0 Å². The number of carbonyl (C=O) groups excluding carboxylic acids is 3. The van der Waals surface area contributed by atoms with Crippen LogP contribution in [-0.2, 0) is 19.1 Å². The van der Waals surface area contributed by atoms with Gasteiger partial charge in [0, 0.05) is 22.7 Å². The molecule has 3 N–H and O–H groups in total. The van der Waals surface area contributed by atoms with Gasteiger partial charge in [0.05, 0.1) is 6.42 Å². The molecule has 0 bridgehead atoms. The fourth-order valence-corrected chi connectivity index (χ4v) is 4.34. The standard InChI is InChI=1S/C29H29ClF4N2O8/c1-4-20(36-8-7-14-5-6-15(30)9-16(14)28(36)41)27(40)35-19(11-22(38)44-29(42)25(39)13(2)3)21(37)12-43-26-23(33)17(31)10-18(32)24(26)34/h5-10,13,19-20,25,29,39,42H,4,11-12H2,1-3H3,(H,35,40). The van der Waals surface area contributed by atoms with Crippen molar-refractivity contribution in [1.82, 2.24) is 9.88 Å². The molecule has 1 amide bonds. The molecule has 1 heterocycles. The van der Waals surface area contributed by atoms with Gasteiger partial charge in [-0.1, -0.05) is 38.4 Å². The summed E-state index contributed by atoms with van der Waals surface area (Å²) in [6.45, 7) is 3.32. The van der Waals surface area contributed by atoms with Crippen molar-refractivity contribution < 1.29 is 51.6 Å². The fraction of sp³-hybridized carbons (Fsp3) is 0.379. The Hall–Kier alpha value is -4.01. The molecule has 0 aliphatic rings. The molecule has 3 aromatic rings. The fourth-order valence-electron chi connectivity index (χ4n) is 4.16. The smallest absolute Gasteiger partial charge is 0.310 e. The SMILES string of the molecule is CCC(C(=O)NC(CC(=O)OC(O)C(O)C(C)C)C(=O)COc1c(F)c(F)cc(F)c1F)n1ccc2ccc(Cl)cc2c1=O. The van der Waals surface area contributed by atoms with Gasteiger partial charge < -0.3 is 29.6 Å². The Morgan fingerprint density at radius 2 is 1.66 bits per heavy atom. The zero-order valence-electron chi connectivity index (χ0n) is 23.7. The molecule has 0 aliphatic carbocycles. The van der Waals surface area contributed by atoms with E-state index in [1.165, 1.54) is 26.1 Å². The number of rotatable bonds is 13. The Labute approximate surface area is 253 Å². The van der Waals surface area contributed by atoms with E-state index in [0.29, 0.717) is 5.39 Å². The number of aliphatic hydroxyl groups is 2. The van der Waals surface area contributed by atoms with Crippen LogP contribution in [-0.4, -0.2) is 57.5 Å². The number of aromatic nitrogens is 1. The summed E-state index contributed by atoms with van der Waals surface area (Å²) in [4.78, 5) is 52.2. The van der Waals surface area contributed by atoms with Crippen LogP contribution in [0.4, 0.5) is 17.6 Å². The van der Waals surface area contributed by atoms with Crippen molar-refractivity contribution in [3.05, 3.63) is 75.2 Å². The average molecular weight is 645 g/mol. The van der Waals surface area contributed by atoms with Crippen LogP contribution in [0, 0.1) is 29.2 Å². The lowest BCUT2D eigenvalue weighted by Crippen LogP contribution is -2.48. The van der Waals surface area contributed by atoms with Crippen LogP contribution < -0.4 is 15.6 Å². The maximum absolute atomic E-state index is 14.1. The summed E-state index contributed by atoms with van der Waals surface area (Å²) in [6.07, 6.45) is -3.13. The van der Waals surface area contributed by atoms with E-state index < -0.39 is 95.7 Å². The lowest BCUT2D eigenvalue weighted by atomic mass is 10.1. The molecule has 1 aromatic heterocycles. The first-order valence-electron chi connectivity index (χ1n) is 13.3. The minimum atomic E-state index is -2.00. The molecule has 0 saturated heterocycles. The third kappa shape index (κ3) is 7.92. The number of aliphatic hydroxyl groups excluding tert-OH is 2. The third-order valence-electron chi connectivity index (χ3n) is 6.65. The summed E-state index contributed by atoms with van der Waals surface area (Å²) in [5, 5.41) is 23.2. The second-order valence-electron chi connectivity index (χ2n) is 10.1. The monoisotopic (exact) mass is 644 g/mol. The summed E-state index contributed by atoms with van der Waals surface area (Å²) in [7, 11) is 0. The van der Waals surface area contributed by atoms with E-state index in [4.69, 9.17) is 21.1 Å². The van der Waals surface area contributed by atoms with Crippen molar-refractivity contribution >= 4 is 40.0 Å². The molecule has 0 radical (unpaired) electrons. The number of fused-ring (bicyclic) bond motifs is 1. The number of ether oxygens (including phenoxy) is 2. The number of halogens is 5. The van der Waals surface area contributed by atoms with Crippen molar-refractivity contribution in [3.8, 4) is 5.75 Å². The summed E-state index contributed by atoms with van der Waals surface area (Å²) in [6, 6.07) is 2.99. The van der Waals surface area contributed by atoms with E-state index in [9.17, 15) is 47.0 Å². The highest BCUT2D eigenvalue weighted by Gasteiger charge is 2.32. The quantitative estimate of drug-likeness (QED) is 0.111. The van der Waals surface area contributed by atoms with E-state index >= 15 is 0 Å². The van der Waals surface area contributed by atoms with Crippen molar-refractivity contribution in [1.29, 1.82) is 0 Å². The number of pyridine rings is 1. The van der Waals surface area contributed by atoms with Gasteiger partial charge in [-0.05, 0) is 35.9 Å². The van der Waals surface area contributed by atoms with E-state index in [0.717, 1.165) is 4.57 Å². The molecule has 2 aromatic carbocycles. The van der Waals surface area contributed by atoms with Gasteiger partial charge in [-0.3, -0.25) is 19.2 Å². The van der Waals surface area contributed by atoms with Gasteiger partial charge in [0.2, 0.25) is 23.8 Å². The number of Topliss-reactive ketones (excluding diaryl/α,β-unsaturated/α-hetero) is 1. The first kappa shape index (κ1) is 34.5. The molecule has 0 saturated carbocycles. The highest BCUT2D eigenvalue weighted by atomic mass is 35.5. The molecule has 15 heteroatoms. The van der Waals surface area contributed by atoms with Crippen molar-refractivity contribution in [2.45, 2.75) is 58.1 Å². The van der Waals surface area contributed by atoms with Crippen LogP contribution in [0.25, 0.3) is 10.8 Å². The maximum Gasteiger partial charge on any atom is 0.310 e. The van der Waals surface area contributed by atoms with Crippen molar-refractivity contribution in [3.63, 3.8) is 0 Å². The Bertz CT molecular complexity index is 1590. The minimum Gasteiger partial charge on any atom is -0.479 e. The zero-order valence-corrected chi connectivity index (χ0v) is 24.4. The topological polar surface area (TPSA) is 144 Å². The Balaban J connectivity index is 1.89. The molecule has 3 rings (SSSR count). The number of carbonyl (C=O) groups is 3. The number of nitrogens with zero attached hydrogens (tertiary/aromatic N) is 1. The van der Waals surface area contributed by atoms with Gasteiger partial charge >= 0.3 is 5.97 Å². The van der Waals surface area contributed by atoms with E-state index in [1.54, 1.807) is 25.1 Å². The number of nitrogens with one attached hydrogen (secondary N) is 1. The second kappa shape index (κ2) is 14.6. The molecule has 0 spiro atoms. The minimum absolute atomic E-state index is 0.0119. The van der Waals surface area contributed by atoms with Gasteiger partial charge in [-0.2, -0.15) is 8.78 Å². The Morgan fingerprint density at radius 1 is 1.02 bits per heavy atom. The molecule has 4 atom stereocenters. The summed E-state index contributed by atoms with van der Waals surface area (Å²) < 4.78 is 65.8. The van der Waals surface area contributed by atoms with Crippen molar-refractivity contribution in [2.24, 2.45) is 5.92 Å². The first-order valence-corrected chi connectivity index (χ1v) is 13.7. The number of benzene rings is 2. The zero-order chi connectivity index (χ0) is 32.9. The van der Waals surface area contributed by atoms with E-state index in [-0.39, 0.29) is 22.9 Å². The predicted octanol–water partition coefficient (Wildman–Crippen LogP) is 3.56. The Kier molecular flexibility index (Phi) is 11.5. The molecule has 4 unspecified atom stereocenters. The van der Waals surface area contributed by atoms with E-state index in [2.05, 4.69) is 5.32 Å². The first-order chi connectivity index (χ1) is 20.7. The molecule has 0 aliphatic heterocycles. The largest absolute Gasteiger partial charge is 0.479 e. The second-order valence-corrected chi connectivity index (χ2v) is 10.6. The average Bonchev–Trinajstić information content (AvgIpc) is 2.96. The highest BCUT2D eigenvalue weighted by Crippen LogP contribution is 2.26. The molecular formula is C29H29ClF4N2O8. The van der Waals surface area contributed by atoms with Crippen LogP contribution in [0.3, 0.4) is 0 Å². The lowest BCUT2D eigenvalue weighted by molar-refractivity contribution is -0.192. The van der Waals surface area contributed by atoms with Crippen LogP contribution in [0.5, 0.6) is 5.75 Å². The Morgan fingerprint density at radius 3 is 2.25 bits per heavy atom. The maximum atomic E-state index is 14.1. The van der Waals surface area contributed by atoms with Crippen molar-refractivity contribution in [2.75, 3.05) is 6.61 Å². The number of hydrogen-bond donors (Lipinski definition) is 3.